The maximum absolute atomic E-state index is 14.3. The second-order valence-corrected chi connectivity index (χ2v) is 20.2. The van der Waals surface area contributed by atoms with Crippen LogP contribution in [0.25, 0.3) is 0 Å². The molecule has 6 rings (SSSR count). The van der Waals surface area contributed by atoms with Gasteiger partial charge in [0.15, 0.2) is 5.78 Å². The fourth-order valence-electron chi connectivity index (χ4n) is 13.3. The summed E-state index contributed by atoms with van der Waals surface area (Å²) in [6, 6.07) is 9.08. The molecule has 0 unspecified atom stereocenters. The summed E-state index contributed by atoms with van der Waals surface area (Å²) in [5.74, 6) is -0.664. The number of hydrogen-bond donors (Lipinski definition) is 3. The first-order valence-corrected chi connectivity index (χ1v) is 21.0. The van der Waals surface area contributed by atoms with Crippen molar-refractivity contribution in [3.63, 3.8) is 0 Å². The molecule has 0 bridgehead atoms. The van der Waals surface area contributed by atoms with Crippen LogP contribution in [0.15, 0.2) is 41.5 Å². The SMILES string of the molecule is CC(C)C1=C2[C@H]3CC[C@@H]4[C@@]5(C)CC[C@H](OC(=O)CC(C)(C)C(=O)O)C(C)(C)[C@@H]5CC[C@@]4(C)[C@]3(C)CC[C@@]2([C@H](CNCCO)OC(=O)c2ccccc2)CC1=O. The maximum atomic E-state index is 14.3. The molecule has 1 aromatic rings. The highest BCUT2D eigenvalue weighted by atomic mass is 16.5. The maximum Gasteiger partial charge on any atom is 0.338 e. The van der Waals surface area contributed by atoms with Crippen LogP contribution in [-0.4, -0.2) is 65.8 Å². The van der Waals surface area contributed by atoms with Crippen LogP contribution in [0.2, 0.25) is 0 Å². The molecule has 0 heterocycles. The Morgan fingerprint density at radius 1 is 0.909 bits per heavy atom. The summed E-state index contributed by atoms with van der Waals surface area (Å²) in [7, 11) is 0. The van der Waals surface area contributed by atoms with Gasteiger partial charge >= 0.3 is 17.9 Å². The number of carbonyl (C=O) groups is 4. The van der Waals surface area contributed by atoms with Crippen LogP contribution >= 0.6 is 0 Å². The van der Waals surface area contributed by atoms with Gasteiger partial charge in [-0.25, -0.2) is 4.79 Å². The number of nitrogens with one attached hydrogen (secondary N) is 1. The van der Waals surface area contributed by atoms with Crippen molar-refractivity contribution in [2.45, 2.75) is 139 Å². The number of carboxylic acid groups (broad SMARTS) is 1. The number of Topliss-reactive ketones (excluding diaryl/α,β-unsaturated/α-hetero) is 1. The van der Waals surface area contributed by atoms with Gasteiger partial charge in [0.05, 0.1) is 24.0 Å². The first-order valence-electron chi connectivity index (χ1n) is 21.0. The molecule has 5 aliphatic carbocycles. The number of carboxylic acids is 1. The Labute approximate surface area is 328 Å². The number of rotatable bonds is 12. The molecule has 9 atom stereocenters. The highest BCUT2D eigenvalue weighted by Gasteiger charge is 2.71. The summed E-state index contributed by atoms with van der Waals surface area (Å²) in [6.45, 7) is 20.1. The quantitative estimate of drug-likeness (QED) is 0.142. The van der Waals surface area contributed by atoms with Gasteiger partial charge < -0.3 is 25.0 Å². The van der Waals surface area contributed by atoms with Gasteiger partial charge in [0.2, 0.25) is 0 Å². The van der Waals surface area contributed by atoms with Gasteiger partial charge in [-0.2, -0.15) is 0 Å². The third-order valence-electron chi connectivity index (χ3n) is 16.4. The molecule has 0 amide bonds. The zero-order chi connectivity index (χ0) is 40.4. The van der Waals surface area contributed by atoms with Crippen molar-refractivity contribution in [2.24, 2.45) is 56.2 Å². The lowest BCUT2D eigenvalue weighted by molar-refractivity contribution is -0.235. The van der Waals surface area contributed by atoms with Crippen molar-refractivity contribution in [3.8, 4) is 0 Å². The lowest BCUT2D eigenvalue weighted by atomic mass is 9.33. The van der Waals surface area contributed by atoms with Crippen molar-refractivity contribution in [2.75, 3.05) is 19.7 Å². The molecular weight excluding hydrogens is 695 g/mol. The molecule has 0 aromatic heterocycles. The molecule has 4 fully saturated rings. The average Bonchev–Trinajstić information content (AvgIpc) is 3.42. The van der Waals surface area contributed by atoms with Gasteiger partial charge in [0.25, 0.3) is 0 Å². The first-order chi connectivity index (χ1) is 25.7. The molecule has 0 radical (unpaired) electrons. The number of fused-ring (bicyclic) bond motifs is 7. The van der Waals surface area contributed by atoms with Gasteiger partial charge in [-0.15, -0.1) is 0 Å². The number of ketones is 1. The number of allylic oxidation sites excluding steroid dienone is 1. The number of aliphatic hydroxyl groups excluding tert-OH is 1. The molecule has 0 spiro atoms. The summed E-state index contributed by atoms with van der Waals surface area (Å²) in [4.78, 5) is 53.0. The average molecular weight is 762 g/mol. The van der Waals surface area contributed by atoms with Crippen LogP contribution in [0.5, 0.6) is 0 Å². The van der Waals surface area contributed by atoms with Crippen LogP contribution < -0.4 is 5.32 Å². The Kier molecular flexibility index (Phi) is 11.1. The Morgan fingerprint density at radius 3 is 2.24 bits per heavy atom. The zero-order valence-electron chi connectivity index (χ0n) is 34.9. The molecule has 9 nitrogen and oxygen atoms in total. The molecule has 4 saturated carbocycles. The lowest BCUT2D eigenvalue weighted by Crippen LogP contribution is -2.66. The molecule has 55 heavy (non-hydrogen) atoms. The number of hydrogen-bond acceptors (Lipinski definition) is 8. The smallest absolute Gasteiger partial charge is 0.338 e. The minimum absolute atomic E-state index is 0.00942. The third-order valence-corrected chi connectivity index (χ3v) is 16.4. The predicted molar refractivity (Wildman–Crippen MR) is 211 cm³/mol. The summed E-state index contributed by atoms with van der Waals surface area (Å²) in [5, 5.41) is 22.7. The van der Waals surface area contributed by atoms with Crippen LogP contribution in [0.1, 0.15) is 137 Å². The molecule has 1 aromatic carbocycles. The van der Waals surface area contributed by atoms with E-state index in [-0.39, 0.29) is 64.4 Å². The van der Waals surface area contributed by atoms with E-state index < -0.39 is 28.9 Å². The summed E-state index contributed by atoms with van der Waals surface area (Å²) < 4.78 is 12.7. The second-order valence-electron chi connectivity index (χ2n) is 20.2. The second kappa shape index (κ2) is 14.7. The predicted octanol–water partition coefficient (Wildman–Crippen LogP) is 8.19. The molecule has 9 heteroatoms. The number of esters is 2. The van der Waals surface area contributed by atoms with Gasteiger partial charge in [-0.1, -0.05) is 66.7 Å². The molecule has 5 aliphatic rings. The van der Waals surface area contributed by atoms with Crippen molar-refractivity contribution < 1.29 is 38.9 Å². The van der Waals surface area contributed by atoms with Crippen LogP contribution in [0.4, 0.5) is 0 Å². The van der Waals surface area contributed by atoms with E-state index in [1.54, 1.807) is 26.0 Å². The Bertz CT molecular complexity index is 1700. The largest absolute Gasteiger partial charge is 0.481 e. The highest BCUT2D eigenvalue weighted by Crippen LogP contribution is 2.77. The van der Waals surface area contributed by atoms with Crippen molar-refractivity contribution in [1.82, 2.24) is 5.32 Å². The molecule has 3 N–H and O–H groups in total. The zero-order valence-corrected chi connectivity index (χ0v) is 34.9. The van der Waals surface area contributed by atoms with E-state index in [0.717, 1.165) is 56.9 Å². The number of aliphatic carboxylic acids is 1. The summed E-state index contributed by atoms with van der Waals surface area (Å²) >= 11 is 0. The third kappa shape index (κ3) is 6.71. The standard InChI is InChI=1S/C46H67NO8/c1-28(2)37-31(49)25-46(35(27-47-23-24-48)55-39(51)29-13-11-10-12-14-29)22-21-44(8)30(38(37)46)15-16-33-43(7)19-18-34(54-36(50)26-41(3,4)40(52)53)42(5,6)32(43)17-20-45(33,44)9/h10-14,28,30,32-35,47-48H,15-27H2,1-9H3,(H,52,53)/t30-,32+,33-,34+,35+,43+,44-,45-,46+/m1/s1. The fraction of sp³-hybridized carbons (Fsp3) is 0.739. The van der Waals surface area contributed by atoms with E-state index in [0.29, 0.717) is 36.9 Å². The number of benzene rings is 1. The minimum Gasteiger partial charge on any atom is -0.481 e. The fourth-order valence-corrected chi connectivity index (χ4v) is 13.3. The van der Waals surface area contributed by atoms with Crippen LogP contribution in [-0.2, 0) is 23.9 Å². The summed E-state index contributed by atoms with van der Waals surface area (Å²) in [5.41, 5.74) is 0.514. The Morgan fingerprint density at radius 2 is 1.60 bits per heavy atom. The Hall–Kier alpha value is -3.04. The monoisotopic (exact) mass is 761 g/mol. The van der Waals surface area contributed by atoms with Gasteiger partial charge in [0.1, 0.15) is 12.2 Å². The lowest BCUT2D eigenvalue weighted by Gasteiger charge is -2.72. The minimum atomic E-state index is -1.18. The topological polar surface area (TPSA) is 139 Å². The normalized spacial score (nSPS) is 35.9. The van der Waals surface area contributed by atoms with E-state index in [4.69, 9.17) is 9.47 Å². The van der Waals surface area contributed by atoms with Crippen molar-refractivity contribution in [1.29, 1.82) is 0 Å². The van der Waals surface area contributed by atoms with E-state index in [1.807, 2.05) is 18.2 Å². The molecule has 0 saturated heterocycles. The van der Waals surface area contributed by atoms with E-state index in [2.05, 4.69) is 53.8 Å². The summed E-state index contributed by atoms with van der Waals surface area (Å²) in [6.07, 6.45) is 6.77. The number of aliphatic hydroxyl groups is 1. The van der Waals surface area contributed by atoms with Gasteiger partial charge in [-0.3, -0.25) is 14.4 Å². The van der Waals surface area contributed by atoms with Crippen LogP contribution in [0, 0.1) is 56.2 Å². The van der Waals surface area contributed by atoms with E-state index in [9.17, 15) is 29.4 Å². The van der Waals surface area contributed by atoms with Crippen molar-refractivity contribution in [3.05, 3.63) is 47.0 Å². The first kappa shape index (κ1) is 41.6. The van der Waals surface area contributed by atoms with Gasteiger partial charge in [-0.05, 0) is 128 Å². The molecule has 0 aliphatic heterocycles. The molecule has 304 valence electrons. The van der Waals surface area contributed by atoms with Crippen molar-refractivity contribution >= 4 is 23.7 Å². The number of ether oxygens (including phenoxy) is 2. The van der Waals surface area contributed by atoms with Crippen LogP contribution in [0.3, 0.4) is 0 Å². The van der Waals surface area contributed by atoms with E-state index >= 15 is 0 Å². The number of carbonyl (C=O) groups excluding carboxylic acids is 3. The van der Waals surface area contributed by atoms with E-state index in [1.165, 1.54) is 5.57 Å². The Balaban J connectivity index is 1.33. The molecular formula is C46H67NO8. The highest BCUT2D eigenvalue weighted by molar-refractivity contribution is 6.01. The van der Waals surface area contributed by atoms with Gasteiger partial charge in [0, 0.05) is 30.3 Å².